The van der Waals surface area contributed by atoms with E-state index in [1.165, 1.54) is 70.6 Å². The van der Waals surface area contributed by atoms with Gasteiger partial charge in [0, 0.05) is 38.1 Å². The highest BCUT2D eigenvalue weighted by Gasteiger charge is 2.56. The van der Waals surface area contributed by atoms with Crippen LogP contribution in [0.5, 0.6) is 0 Å². The van der Waals surface area contributed by atoms with Gasteiger partial charge in [-0.3, -0.25) is 4.90 Å². The molecule has 1 aromatic rings. The Labute approximate surface area is 315 Å². The fourth-order valence-corrected chi connectivity index (χ4v) is 14.6. The van der Waals surface area contributed by atoms with Crippen molar-refractivity contribution in [1.29, 1.82) is 0 Å². The van der Waals surface area contributed by atoms with E-state index in [9.17, 15) is 8.42 Å². The third-order valence-corrected chi connectivity index (χ3v) is 17.2. The van der Waals surface area contributed by atoms with E-state index in [0.29, 0.717) is 58.6 Å². The molecule has 0 amide bonds. The van der Waals surface area contributed by atoms with E-state index in [2.05, 4.69) is 44.9 Å². The van der Waals surface area contributed by atoms with Gasteiger partial charge in [-0.15, -0.1) is 0 Å². The molecule has 4 saturated carbocycles. The van der Waals surface area contributed by atoms with Gasteiger partial charge < -0.3 is 18.9 Å². The predicted molar refractivity (Wildman–Crippen MR) is 206 cm³/mol. The van der Waals surface area contributed by atoms with Crippen LogP contribution in [0.3, 0.4) is 0 Å². The molecular formula is C44H69NO6S. The molecule has 8 heteroatoms. The molecule has 7 nitrogen and oxygen atoms in total. The summed E-state index contributed by atoms with van der Waals surface area (Å²) >= 11 is 0. The first-order valence-corrected chi connectivity index (χ1v) is 22.8. The van der Waals surface area contributed by atoms with E-state index in [1.54, 1.807) is 19.2 Å². The average Bonchev–Trinajstić information content (AvgIpc) is 3.66. The van der Waals surface area contributed by atoms with Crippen molar-refractivity contribution in [3.05, 3.63) is 42.5 Å². The minimum Gasteiger partial charge on any atom is -0.356 e. The van der Waals surface area contributed by atoms with Gasteiger partial charge in [0.25, 0.3) is 0 Å². The molecule has 1 aromatic carbocycles. The minimum atomic E-state index is -3.29. The maximum atomic E-state index is 13.1. The lowest BCUT2D eigenvalue weighted by Crippen LogP contribution is -2.46. The van der Waals surface area contributed by atoms with Gasteiger partial charge in [-0.25, -0.2) is 8.42 Å². The summed E-state index contributed by atoms with van der Waals surface area (Å²) in [6, 6.07) is 10.3. The smallest absolute Gasteiger partial charge is 0.178 e. The highest BCUT2D eigenvalue weighted by Crippen LogP contribution is 2.56. The molecular weight excluding hydrogens is 671 g/mol. The largest absolute Gasteiger partial charge is 0.356 e. The lowest BCUT2D eigenvalue weighted by molar-refractivity contribution is -0.132. The SMILES string of the molecule is COC1OC(C)C2C1CC1CCCCC1[C@@H]2/C=C/C1CCCC(C)N1C.COC1OC(C)C2C1CC1CCCCC1[C@@H]2CS(=O)(=O)c1ccccc1. The van der Waals surface area contributed by atoms with Gasteiger partial charge in [0.1, 0.15) is 0 Å². The fraction of sp³-hybridized carbons (Fsp3) is 0.818. The highest BCUT2D eigenvalue weighted by atomic mass is 32.2. The van der Waals surface area contributed by atoms with E-state index in [-0.39, 0.29) is 36.3 Å². The lowest BCUT2D eigenvalue weighted by Gasteiger charge is -2.48. The monoisotopic (exact) mass is 739 g/mol. The van der Waals surface area contributed by atoms with E-state index in [1.807, 2.05) is 25.3 Å². The zero-order valence-electron chi connectivity index (χ0n) is 33.0. The summed E-state index contributed by atoms with van der Waals surface area (Å²) < 4.78 is 50.0. The number of hydrogen-bond acceptors (Lipinski definition) is 7. The van der Waals surface area contributed by atoms with E-state index >= 15 is 0 Å². The van der Waals surface area contributed by atoms with Crippen LogP contribution in [0.2, 0.25) is 0 Å². The molecule has 3 saturated heterocycles. The fourth-order valence-electron chi connectivity index (χ4n) is 12.9. The Balaban J connectivity index is 0.000000162. The molecule has 7 fully saturated rings. The second-order valence-corrected chi connectivity index (χ2v) is 20.0. The van der Waals surface area contributed by atoms with Crippen LogP contribution < -0.4 is 0 Å². The van der Waals surface area contributed by atoms with Crippen molar-refractivity contribution in [2.24, 2.45) is 59.2 Å². The van der Waals surface area contributed by atoms with Crippen molar-refractivity contribution in [1.82, 2.24) is 4.90 Å². The maximum Gasteiger partial charge on any atom is 0.178 e. The summed E-state index contributed by atoms with van der Waals surface area (Å²) in [6.45, 7) is 6.77. The Hall–Kier alpha value is -1.29. The summed E-state index contributed by atoms with van der Waals surface area (Å²) in [4.78, 5) is 3.04. The molecule has 4 aliphatic carbocycles. The zero-order chi connectivity index (χ0) is 36.6. The van der Waals surface area contributed by atoms with Crippen molar-refractivity contribution in [2.45, 2.75) is 146 Å². The molecule has 16 atom stereocenters. The van der Waals surface area contributed by atoms with Crippen LogP contribution in [0.25, 0.3) is 0 Å². The third kappa shape index (κ3) is 7.87. The molecule has 52 heavy (non-hydrogen) atoms. The van der Waals surface area contributed by atoms with Crippen molar-refractivity contribution in [3.8, 4) is 0 Å². The van der Waals surface area contributed by atoms with Crippen molar-refractivity contribution in [2.75, 3.05) is 27.0 Å². The summed E-state index contributed by atoms with van der Waals surface area (Å²) in [6.07, 6.45) is 22.5. The lowest BCUT2D eigenvalue weighted by atomic mass is 9.57. The molecule has 0 N–H and O–H groups in total. The number of benzene rings is 1. The molecule has 7 aliphatic rings. The van der Waals surface area contributed by atoms with Gasteiger partial charge in [-0.2, -0.15) is 0 Å². The molecule has 0 radical (unpaired) electrons. The normalized spacial score (nSPS) is 45.0. The molecule has 0 bridgehead atoms. The number of allylic oxidation sites excluding steroid dienone is 1. The Morgan fingerprint density at radius 2 is 1.29 bits per heavy atom. The number of piperidine rings is 1. The topological polar surface area (TPSA) is 74.3 Å². The van der Waals surface area contributed by atoms with Gasteiger partial charge >= 0.3 is 0 Å². The van der Waals surface area contributed by atoms with Crippen molar-refractivity contribution in [3.63, 3.8) is 0 Å². The molecule has 3 heterocycles. The number of rotatable bonds is 7. The first-order valence-electron chi connectivity index (χ1n) is 21.2. The number of likely N-dealkylation sites (tertiary alicyclic amines) is 1. The summed E-state index contributed by atoms with van der Waals surface area (Å²) in [5.74, 6) is 5.79. The number of methoxy groups -OCH3 is 2. The quantitative estimate of drug-likeness (QED) is 0.259. The van der Waals surface area contributed by atoms with Crippen LogP contribution >= 0.6 is 0 Å². The minimum absolute atomic E-state index is 0.0196. The Bertz CT molecular complexity index is 1440. The molecule has 8 rings (SSSR count). The van der Waals surface area contributed by atoms with Crippen LogP contribution in [0.15, 0.2) is 47.4 Å². The summed E-state index contributed by atoms with van der Waals surface area (Å²) in [5, 5.41) is 0. The standard InChI is InChI=1S/C23H39NO2.C21H30O4S/c1-15-8-7-10-18(24(15)3)12-13-20-19-11-6-5-9-17(19)14-21-22(20)16(2)26-23(21)25-4;1-14-20-18(21(24-2)25-14)12-15-8-6-7-11-17(15)19(20)13-26(22,23)16-9-4-3-5-10-16/h12-13,15-23H,5-11,14H2,1-4H3;3-5,9-10,14-15,17-21H,6-8,11-13H2,1-2H3/b13-12+;/t15?,16?,17?,18?,19?,20-,21?,22?,23?;14?,15?,17?,18?,19-,20?,21?/m00/s1. The Kier molecular flexibility index (Phi) is 12.6. The van der Waals surface area contributed by atoms with Crippen LogP contribution in [0.1, 0.15) is 104 Å². The van der Waals surface area contributed by atoms with Gasteiger partial charge in [0.15, 0.2) is 22.4 Å². The van der Waals surface area contributed by atoms with Gasteiger partial charge in [-0.05, 0) is 126 Å². The number of sulfone groups is 1. The maximum absolute atomic E-state index is 13.1. The molecule has 14 unspecified atom stereocenters. The van der Waals surface area contributed by atoms with Crippen molar-refractivity contribution >= 4 is 9.84 Å². The van der Waals surface area contributed by atoms with E-state index in [4.69, 9.17) is 18.9 Å². The highest BCUT2D eigenvalue weighted by molar-refractivity contribution is 7.91. The zero-order valence-corrected chi connectivity index (χ0v) is 33.8. The second-order valence-electron chi connectivity index (χ2n) is 18.0. The molecule has 292 valence electrons. The second kappa shape index (κ2) is 16.8. The van der Waals surface area contributed by atoms with E-state index < -0.39 is 9.84 Å². The number of hydrogen-bond donors (Lipinski definition) is 0. The van der Waals surface area contributed by atoms with Crippen LogP contribution in [0.4, 0.5) is 0 Å². The molecule has 0 aromatic heterocycles. The van der Waals surface area contributed by atoms with Crippen LogP contribution in [-0.4, -0.2) is 77.2 Å². The Morgan fingerprint density at radius 1 is 0.712 bits per heavy atom. The van der Waals surface area contributed by atoms with Gasteiger partial charge in [0.2, 0.25) is 0 Å². The predicted octanol–water partition coefficient (Wildman–Crippen LogP) is 8.78. The first-order chi connectivity index (χ1) is 25.1. The first kappa shape index (κ1) is 39.0. The third-order valence-electron chi connectivity index (χ3n) is 15.4. The van der Waals surface area contributed by atoms with Crippen LogP contribution in [-0.2, 0) is 28.8 Å². The van der Waals surface area contributed by atoms with E-state index in [0.717, 1.165) is 24.7 Å². The number of fused-ring (bicyclic) bond motifs is 4. The molecule has 3 aliphatic heterocycles. The Morgan fingerprint density at radius 3 is 1.94 bits per heavy atom. The number of nitrogens with zero attached hydrogens (tertiary/aromatic N) is 1. The van der Waals surface area contributed by atoms with Crippen LogP contribution in [0, 0.1) is 59.2 Å². The van der Waals surface area contributed by atoms with Gasteiger partial charge in [-0.1, -0.05) is 75.3 Å². The summed E-state index contributed by atoms with van der Waals surface area (Å²) in [7, 11) is 2.56. The van der Waals surface area contributed by atoms with Gasteiger partial charge in [0.05, 0.1) is 22.9 Å². The number of ether oxygens (including phenoxy) is 4. The average molecular weight is 740 g/mol. The molecule has 0 spiro atoms. The number of likely N-dealkylation sites (N-methyl/N-ethyl adjacent to an activating group) is 1. The summed E-state index contributed by atoms with van der Waals surface area (Å²) in [5.41, 5.74) is 0. The van der Waals surface area contributed by atoms with Crippen molar-refractivity contribution < 1.29 is 27.4 Å².